The van der Waals surface area contributed by atoms with Gasteiger partial charge in [-0.3, -0.25) is 9.80 Å². The molecule has 5 heteroatoms. The molecule has 0 aromatic rings. The van der Waals surface area contributed by atoms with E-state index in [-0.39, 0.29) is 17.6 Å². The summed E-state index contributed by atoms with van der Waals surface area (Å²) in [6.45, 7) is 17.2. The van der Waals surface area contributed by atoms with Crippen LogP contribution in [0.15, 0.2) is 0 Å². The van der Waals surface area contributed by atoms with E-state index in [1.165, 1.54) is 12.8 Å². The van der Waals surface area contributed by atoms with E-state index in [1.807, 2.05) is 0 Å². The number of β-amino-alcohol motifs (C(OH)–C–C–N with tert-alkyl or cyclic N) is 2. The number of piperidine rings is 1. The van der Waals surface area contributed by atoms with Crippen molar-refractivity contribution >= 4 is 0 Å². The number of hydrogen-bond acceptors (Lipinski definition) is 5. The molecule has 2 aliphatic rings. The van der Waals surface area contributed by atoms with Crippen LogP contribution in [0.25, 0.3) is 0 Å². The van der Waals surface area contributed by atoms with Gasteiger partial charge < -0.3 is 15.1 Å². The average Bonchev–Trinajstić information content (AvgIpc) is 2.50. The van der Waals surface area contributed by atoms with Gasteiger partial charge in [0.1, 0.15) is 0 Å². The molecule has 0 bridgehead atoms. The molecule has 0 aromatic heterocycles. The van der Waals surface area contributed by atoms with E-state index in [2.05, 4.69) is 42.4 Å². The first kappa shape index (κ1) is 20.1. The Morgan fingerprint density at radius 2 is 1.21 bits per heavy atom. The van der Waals surface area contributed by atoms with Crippen molar-refractivity contribution in [3.05, 3.63) is 0 Å². The molecular formula is C19H39N3O2. The molecule has 0 aromatic carbocycles. The lowest BCUT2D eigenvalue weighted by Crippen LogP contribution is -2.52. The van der Waals surface area contributed by atoms with E-state index in [1.54, 1.807) is 0 Å². The Labute approximate surface area is 148 Å². The summed E-state index contributed by atoms with van der Waals surface area (Å²) in [5.41, 5.74) is -0.0563. The Hall–Kier alpha value is -0.200. The van der Waals surface area contributed by atoms with Gasteiger partial charge in [-0.25, -0.2) is 0 Å². The fraction of sp³-hybridized carbons (Fsp3) is 1.00. The van der Waals surface area contributed by atoms with Gasteiger partial charge >= 0.3 is 0 Å². The molecule has 2 saturated heterocycles. The highest BCUT2D eigenvalue weighted by Gasteiger charge is 2.27. The van der Waals surface area contributed by atoms with Crippen molar-refractivity contribution in [2.75, 3.05) is 58.9 Å². The molecule has 0 saturated carbocycles. The Balaban J connectivity index is 1.63. The minimum Gasteiger partial charge on any atom is -0.391 e. The highest BCUT2D eigenvalue weighted by Crippen LogP contribution is 2.20. The van der Waals surface area contributed by atoms with Crippen LogP contribution in [0.3, 0.4) is 0 Å². The lowest BCUT2D eigenvalue weighted by molar-refractivity contribution is 0.00341. The number of likely N-dealkylation sites (tertiary alicyclic amines) is 1. The minimum atomic E-state index is -0.281. The van der Waals surface area contributed by atoms with Crippen LogP contribution >= 0.6 is 0 Å². The Bertz CT molecular complexity index is 356. The van der Waals surface area contributed by atoms with Gasteiger partial charge in [-0.05, 0) is 37.3 Å². The van der Waals surface area contributed by atoms with Gasteiger partial charge in [0.2, 0.25) is 0 Å². The first-order valence-corrected chi connectivity index (χ1v) is 9.77. The van der Waals surface area contributed by atoms with Crippen LogP contribution in [0, 0.1) is 11.3 Å². The largest absolute Gasteiger partial charge is 0.391 e. The second kappa shape index (κ2) is 8.95. The summed E-state index contributed by atoms with van der Waals surface area (Å²) in [4.78, 5) is 7.14. The summed E-state index contributed by atoms with van der Waals surface area (Å²) >= 11 is 0. The summed E-state index contributed by atoms with van der Waals surface area (Å²) in [6, 6.07) is 0. The zero-order chi connectivity index (χ0) is 17.7. The molecule has 2 rings (SSSR count). The van der Waals surface area contributed by atoms with E-state index in [0.717, 1.165) is 64.8 Å². The number of aliphatic hydroxyl groups is 2. The van der Waals surface area contributed by atoms with Gasteiger partial charge in [0.05, 0.1) is 12.2 Å². The number of hydrogen-bond donors (Lipinski definition) is 2. The normalized spacial score (nSPS) is 25.8. The second-order valence-electron chi connectivity index (χ2n) is 9.12. The quantitative estimate of drug-likeness (QED) is 0.758. The third-order valence-corrected chi connectivity index (χ3v) is 5.71. The van der Waals surface area contributed by atoms with E-state index in [0.29, 0.717) is 0 Å². The number of piperazine rings is 1. The van der Waals surface area contributed by atoms with Gasteiger partial charge in [0.15, 0.2) is 0 Å². The van der Waals surface area contributed by atoms with Crippen molar-refractivity contribution in [3.8, 4) is 0 Å². The molecule has 5 nitrogen and oxygen atoms in total. The molecule has 2 atom stereocenters. The summed E-state index contributed by atoms with van der Waals surface area (Å²) in [5.74, 6) is 0.843. The molecule has 0 amide bonds. The fourth-order valence-corrected chi connectivity index (χ4v) is 3.57. The van der Waals surface area contributed by atoms with Crippen LogP contribution in [-0.4, -0.2) is 96.0 Å². The van der Waals surface area contributed by atoms with E-state index < -0.39 is 0 Å². The van der Waals surface area contributed by atoms with Gasteiger partial charge in [0, 0.05) is 45.8 Å². The molecule has 0 aliphatic carbocycles. The molecule has 24 heavy (non-hydrogen) atoms. The number of nitrogens with zero attached hydrogens (tertiary/aromatic N) is 3. The number of rotatable bonds is 6. The zero-order valence-corrected chi connectivity index (χ0v) is 16.2. The fourth-order valence-electron chi connectivity index (χ4n) is 3.57. The SMILES string of the molecule is CC1CCN(C[C@@H](O)CN2CCN(C[C@@H](O)C(C)(C)C)CC2)CC1. The van der Waals surface area contributed by atoms with Crippen molar-refractivity contribution in [2.45, 2.75) is 52.7 Å². The van der Waals surface area contributed by atoms with Crippen LogP contribution in [-0.2, 0) is 0 Å². The maximum Gasteiger partial charge on any atom is 0.0793 e. The Morgan fingerprint density at radius 1 is 0.792 bits per heavy atom. The highest BCUT2D eigenvalue weighted by molar-refractivity contribution is 4.81. The summed E-state index contributed by atoms with van der Waals surface area (Å²) in [6.07, 6.45) is 2.00. The first-order chi connectivity index (χ1) is 11.2. The summed E-state index contributed by atoms with van der Waals surface area (Å²) < 4.78 is 0. The molecule has 2 heterocycles. The molecule has 0 spiro atoms. The van der Waals surface area contributed by atoms with E-state index in [4.69, 9.17) is 0 Å². The van der Waals surface area contributed by atoms with Crippen molar-refractivity contribution in [1.82, 2.24) is 14.7 Å². The predicted molar refractivity (Wildman–Crippen MR) is 99.2 cm³/mol. The lowest BCUT2D eigenvalue weighted by Gasteiger charge is -2.39. The monoisotopic (exact) mass is 341 g/mol. The molecular weight excluding hydrogens is 302 g/mol. The van der Waals surface area contributed by atoms with Gasteiger partial charge in [-0.15, -0.1) is 0 Å². The van der Waals surface area contributed by atoms with Crippen LogP contribution in [0.2, 0.25) is 0 Å². The zero-order valence-electron chi connectivity index (χ0n) is 16.2. The van der Waals surface area contributed by atoms with Crippen LogP contribution in [0.4, 0.5) is 0 Å². The average molecular weight is 342 g/mol. The molecule has 2 aliphatic heterocycles. The van der Waals surface area contributed by atoms with Crippen molar-refractivity contribution in [2.24, 2.45) is 11.3 Å². The lowest BCUT2D eigenvalue weighted by atomic mass is 9.89. The van der Waals surface area contributed by atoms with Crippen molar-refractivity contribution in [3.63, 3.8) is 0 Å². The maximum absolute atomic E-state index is 10.4. The third-order valence-electron chi connectivity index (χ3n) is 5.71. The van der Waals surface area contributed by atoms with E-state index in [9.17, 15) is 10.2 Å². The summed E-state index contributed by atoms with van der Waals surface area (Å²) in [5, 5.41) is 20.7. The Morgan fingerprint density at radius 3 is 1.67 bits per heavy atom. The van der Waals surface area contributed by atoms with Gasteiger partial charge in [0.25, 0.3) is 0 Å². The first-order valence-electron chi connectivity index (χ1n) is 9.77. The molecule has 2 fully saturated rings. The van der Waals surface area contributed by atoms with Crippen LogP contribution < -0.4 is 0 Å². The third kappa shape index (κ3) is 6.60. The standard InChI is InChI=1S/C19H39N3O2/c1-16-5-7-20(8-6-16)13-17(23)14-21-9-11-22(12-10-21)15-18(24)19(2,3)4/h16-18,23-24H,5-15H2,1-4H3/t17-,18-/m1/s1. The smallest absolute Gasteiger partial charge is 0.0793 e. The van der Waals surface area contributed by atoms with E-state index >= 15 is 0 Å². The van der Waals surface area contributed by atoms with Gasteiger partial charge in [-0.2, -0.15) is 0 Å². The van der Waals surface area contributed by atoms with Gasteiger partial charge in [-0.1, -0.05) is 27.7 Å². The summed E-state index contributed by atoms with van der Waals surface area (Å²) in [7, 11) is 0. The predicted octanol–water partition coefficient (Wildman–Crippen LogP) is 1.10. The van der Waals surface area contributed by atoms with Crippen LogP contribution in [0.1, 0.15) is 40.5 Å². The Kier molecular flexibility index (Phi) is 7.50. The van der Waals surface area contributed by atoms with Crippen molar-refractivity contribution in [1.29, 1.82) is 0 Å². The highest BCUT2D eigenvalue weighted by atomic mass is 16.3. The molecule has 2 N–H and O–H groups in total. The maximum atomic E-state index is 10.4. The van der Waals surface area contributed by atoms with Crippen molar-refractivity contribution < 1.29 is 10.2 Å². The molecule has 0 unspecified atom stereocenters. The minimum absolute atomic E-state index is 0.0563. The molecule has 142 valence electrons. The number of aliphatic hydroxyl groups excluding tert-OH is 2. The van der Waals surface area contributed by atoms with Crippen LogP contribution in [0.5, 0.6) is 0 Å². The molecule has 0 radical (unpaired) electrons. The topological polar surface area (TPSA) is 50.2 Å². The second-order valence-corrected chi connectivity index (χ2v) is 9.12.